The molecule has 0 aromatic heterocycles. The van der Waals surface area contributed by atoms with E-state index in [0.717, 1.165) is 5.56 Å². The highest BCUT2D eigenvalue weighted by Crippen LogP contribution is 2.37. The molecule has 1 fully saturated rings. The van der Waals surface area contributed by atoms with Crippen molar-refractivity contribution in [2.75, 3.05) is 20.2 Å². The summed E-state index contributed by atoms with van der Waals surface area (Å²) in [5, 5.41) is 11.5. The topological polar surface area (TPSA) is 49.8 Å². The molecule has 2 rings (SSSR count). The summed E-state index contributed by atoms with van der Waals surface area (Å²) in [5.41, 5.74) is -0.0799. The summed E-state index contributed by atoms with van der Waals surface area (Å²) in [6.45, 7) is 2.89. The number of likely N-dealkylation sites (tertiary alicyclic amines) is 1. The number of hydrogen-bond acceptors (Lipinski definition) is 3. The molecule has 1 N–H and O–H groups in total. The van der Waals surface area contributed by atoms with E-state index in [-0.39, 0.29) is 12.0 Å². The second-order valence-corrected chi connectivity index (χ2v) is 5.43. The van der Waals surface area contributed by atoms with Gasteiger partial charge in [0.25, 0.3) is 0 Å². The third-order valence-electron chi connectivity index (χ3n) is 3.85. The van der Waals surface area contributed by atoms with Crippen LogP contribution in [-0.2, 0) is 10.3 Å². The van der Waals surface area contributed by atoms with Crippen LogP contribution in [-0.4, -0.2) is 36.3 Å². The number of amides is 1. The average molecular weight is 284 g/mol. The van der Waals surface area contributed by atoms with E-state index in [2.05, 4.69) is 0 Å². The van der Waals surface area contributed by atoms with E-state index in [1.165, 1.54) is 7.11 Å². The monoisotopic (exact) mass is 283 g/mol. The van der Waals surface area contributed by atoms with Crippen molar-refractivity contribution in [3.63, 3.8) is 0 Å². The minimum atomic E-state index is -0.922. The predicted molar refractivity (Wildman–Crippen MR) is 73.1 cm³/mol. The number of aliphatic hydroxyl groups is 1. The van der Waals surface area contributed by atoms with Crippen LogP contribution >= 0.6 is 11.6 Å². The van der Waals surface area contributed by atoms with Gasteiger partial charge in [-0.1, -0.05) is 30.7 Å². The summed E-state index contributed by atoms with van der Waals surface area (Å²) in [6.07, 6.45) is 0.148. The van der Waals surface area contributed by atoms with Crippen molar-refractivity contribution < 1.29 is 14.6 Å². The second-order valence-electron chi connectivity index (χ2n) is 5.00. The number of carbonyl (C=O) groups is 1. The van der Waals surface area contributed by atoms with E-state index in [0.29, 0.717) is 24.5 Å². The van der Waals surface area contributed by atoms with Crippen LogP contribution in [0, 0.1) is 5.92 Å². The van der Waals surface area contributed by atoms with Gasteiger partial charge in [-0.3, -0.25) is 0 Å². The summed E-state index contributed by atoms with van der Waals surface area (Å²) in [4.78, 5) is 13.1. The molecule has 0 radical (unpaired) electrons. The van der Waals surface area contributed by atoms with Gasteiger partial charge in [0, 0.05) is 24.0 Å². The van der Waals surface area contributed by atoms with E-state index >= 15 is 0 Å². The van der Waals surface area contributed by atoms with Gasteiger partial charge in [0.05, 0.1) is 12.7 Å². The number of ether oxygens (including phenoxy) is 1. The lowest BCUT2D eigenvalue weighted by atomic mass is 9.77. The number of piperidine rings is 1. The van der Waals surface area contributed by atoms with E-state index in [1.54, 1.807) is 17.0 Å². The summed E-state index contributed by atoms with van der Waals surface area (Å²) in [7, 11) is 1.37. The lowest BCUT2D eigenvalue weighted by Gasteiger charge is -2.43. The molecule has 1 heterocycles. The largest absolute Gasteiger partial charge is 0.453 e. The molecule has 19 heavy (non-hydrogen) atoms. The Morgan fingerprint density at radius 3 is 2.63 bits per heavy atom. The molecule has 0 bridgehead atoms. The quantitative estimate of drug-likeness (QED) is 0.862. The molecule has 1 saturated heterocycles. The number of benzene rings is 1. The highest BCUT2D eigenvalue weighted by Gasteiger charge is 2.41. The van der Waals surface area contributed by atoms with Crippen molar-refractivity contribution >= 4 is 17.7 Å². The van der Waals surface area contributed by atoms with Gasteiger partial charge in [0.2, 0.25) is 0 Å². The fraction of sp³-hybridized carbons (Fsp3) is 0.500. The average Bonchev–Trinajstić information content (AvgIpc) is 2.41. The molecular weight excluding hydrogens is 266 g/mol. The number of carbonyl (C=O) groups excluding carboxylic acids is 1. The van der Waals surface area contributed by atoms with Crippen LogP contribution in [0.5, 0.6) is 0 Å². The third kappa shape index (κ3) is 2.69. The standard InChI is InChI=1S/C14H18ClNO3/c1-10-9-16(13(17)19-2)8-7-14(10,18)11-3-5-12(15)6-4-11/h3-6,10,18H,7-9H2,1-2H3. The van der Waals surface area contributed by atoms with Crippen LogP contribution in [0.2, 0.25) is 5.02 Å². The SMILES string of the molecule is COC(=O)N1CCC(O)(c2ccc(Cl)cc2)C(C)C1. The molecule has 104 valence electrons. The number of methoxy groups -OCH3 is 1. The molecule has 0 saturated carbocycles. The highest BCUT2D eigenvalue weighted by molar-refractivity contribution is 6.30. The molecule has 1 aromatic carbocycles. The van der Waals surface area contributed by atoms with Gasteiger partial charge in [0.1, 0.15) is 0 Å². The molecule has 1 amide bonds. The second kappa shape index (κ2) is 5.39. The lowest BCUT2D eigenvalue weighted by molar-refractivity contribution is -0.0666. The van der Waals surface area contributed by atoms with E-state index in [9.17, 15) is 9.90 Å². The zero-order chi connectivity index (χ0) is 14.0. The maximum absolute atomic E-state index is 11.5. The first kappa shape index (κ1) is 14.2. The van der Waals surface area contributed by atoms with Gasteiger partial charge < -0.3 is 14.7 Å². The lowest BCUT2D eigenvalue weighted by Crippen LogP contribution is -2.50. The maximum Gasteiger partial charge on any atom is 0.409 e. The Morgan fingerprint density at radius 2 is 2.11 bits per heavy atom. The number of halogens is 1. The van der Waals surface area contributed by atoms with Gasteiger partial charge in [-0.05, 0) is 24.1 Å². The molecule has 1 aromatic rings. The Balaban J connectivity index is 2.18. The maximum atomic E-state index is 11.5. The van der Waals surface area contributed by atoms with Crippen molar-refractivity contribution in [1.82, 2.24) is 4.90 Å². The number of nitrogens with zero attached hydrogens (tertiary/aromatic N) is 1. The van der Waals surface area contributed by atoms with Crippen molar-refractivity contribution in [2.24, 2.45) is 5.92 Å². The van der Waals surface area contributed by atoms with Crippen LogP contribution in [0.1, 0.15) is 18.9 Å². The third-order valence-corrected chi connectivity index (χ3v) is 4.10. The first-order chi connectivity index (χ1) is 8.97. The van der Waals surface area contributed by atoms with E-state index < -0.39 is 5.60 Å². The minimum Gasteiger partial charge on any atom is -0.453 e. The number of rotatable bonds is 1. The van der Waals surface area contributed by atoms with Gasteiger partial charge in [-0.25, -0.2) is 4.79 Å². The zero-order valence-corrected chi connectivity index (χ0v) is 11.9. The smallest absolute Gasteiger partial charge is 0.409 e. The predicted octanol–water partition coefficient (Wildman–Crippen LogP) is 2.64. The van der Waals surface area contributed by atoms with Crippen LogP contribution in [0.4, 0.5) is 4.79 Å². The van der Waals surface area contributed by atoms with Crippen molar-refractivity contribution in [3.05, 3.63) is 34.9 Å². The number of hydrogen-bond donors (Lipinski definition) is 1. The highest BCUT2D eigenvalue weighted by atomic mass is 35.5. The summed E-state index contributed by atoms with van der Waals surface area (Å²) in [5.74, 6) is -0.0680. The van der Waals surface area contributed by atoms with Crippen LogP contribution in [0.15, 0.2) is 24.3 Å². The molecule has 5 heteroatoms. The zero-order valence-electron chi connectivity index (χ0n) is 11.1. The van der Waals surface area contributed by atoms with Gasteiger partial charge in [-0.2, -0.15) is 0 Å². The molecule has 2 atom stereocenters. The van der Waals surface area contributed by atoms with E-state index in [1.807, 2.05) is 19.1 Å². The van der Waals surface area contributed by atoms with E-state index in [4.69, 9.17) is 16.3 Å². The van der Waals surface area contributed by atoms with Crippen molar-refractivity contribution in [2.45, 2.75) is 18.9 Å². The van der Waals surface area contributed by atoms with Crippen molar-refractivity contribution in [3.8, 4) is 0 Å². The molecule has 0 aliphatic carbocycles. The molecule has 0 spiro atoms. The Bertz CT molecular complexity index is 462. The van der Waals surface area contributed by atoms with Crippen LogP contribution in [0.25, 0.3) is 0 Å². The van der Waals surface area contributed by atoms with Crippen LogP contribution < -0.4 is 0 Å². The minimum absolute atomic E-state index is 0.0680. The summed E-state index contributed by atoms with van der Waals surface area (Å²) < 4.78 is 4.72. The van der Waals surface area contributed by atoms with Gasteiger partial charge in [0.15, 0.2) is 0 Å². The van der Waals surface area contributed by atoms with Crippen molar-refractivity contribution in [1.29, 1.82) is 0 Å². The Hall–Kier alpha value is -1.26. The fourth-order valence-corrected chi connectivity index (χ4v) is 2.71. The first-order valence-electron chi connectivity index (χ1n) is 6.28. The normalized spacial score (nSPS) is 27.2. The fourth-order valence-electron chi connectivity index (χ4n) is 2.59. The first-order valence-corrected chi connectivity index (χ1v) is 6.66. The van der Waals surface area contributed by atoms with Gasteiger partial charge in [-0.15, -0.1) is 0 Å². The Morgan fingerprint density at radius 1 is 1.47 bits per heavy atom. The molecule has 2 unspecified atom stereocenters. The molecular formula is C14H18ClNO3. The molecule has 4 nitrogen and oxygen atoms in total. The van der Waals surface area contributed by atoms with Gasteiger partial charge >= 0.3 is 6.09 Å². The summed E-state index contributed by atoms with van der Waals surface area (Å²) in [6, 6.07) is 7.22. The Labute approximate surface area is 117 Å². The molecule has 1 aliphatic rings. The molecule has 1 aliphatic heterocycles. The van der Waals surface area contributed by atoms with Crippen LogP contribution in [0.3, 0.4) is 0 Å². The Kier molecular flexibility index (Phi) is 4.02. The summed E-state index contributed by atoms with van der Waals surface area (Å²) >= 11 is 5.86.